The van der Waals surface area contributed by atoms with E-state index in [1.807, 2.05) is 48.5 Å². The van der Waals surface area contributed by atoms with Crippen molar-refractivity contribution < 1.29 is 28.5 Å². The van der Waals surface area contributed by atoms with Crippen LogP contribution in [-0.2, 0) is 19.1 Å². The van der Waals surface area contributed by atoms with E-state index in [0.717, 1.165) is 122 Å². The van der Waals surface area contributed by atoms with Crippen LogP contribution in [0.15, 0.2) is 133 Å². The number of carbonyl (C=O) groups excluding carboxylic acids is 2. The van der Waals surface area contributed by atoms with Crippen LogP contribution < -0.4 is 9.47 Å². The molecule has 0 fully saturated rings. The largest absolute Gasteiger partial charge is 0.494 e. The zero-order chi connectivity index (χ0) is 39.5. The van der Waals surface area contributed by atoms with Gasteiger partial charge in [-0.2, -0.15) is 10.2 Å². The molecule has 0 aliphatic rings. The van der Waals surface area contributed by atoms with Gasteiger partial charge in [-0.25, -0.2) is 9.59 Å². The molecule has 0 spiro atoms. The van der Waals surface area contributed by atoms with Crippen LogP contribution in [0.1, 0.15) is 88.2 Å². The van der Waals surface area contributed by atoms with E-state index < -0.39 is 0 Å². The molecule has 8 heteroatoms. The van der Waals surface area contributed by atoms with Gasteiger partial charge in [-0.15, -0.1) is 0 Å². The van der Waals surface area contributed by atoms with Gasteiger partial charge in [0.1, 0.15) is 11.5 Å². The summed E-state index contributed by atoms with van der Waals surface area (Å²) in [7, 11) is 0. The van der Waals surface area contributed by atoms with Gasteiger partial charge in [0.2, 0.25) is 0 Å². The van der Waals surface area contributed by atoms with Crippen molar-refractivity contribution in [3.8, 4) is 22.6 Å². The molecule has 4 aromatic carbocycles. The van der Waals surface area contributed by atoms with E-state index in [0.29, 0.717) is 26.4 Å². The molecule has 0 radical (unpaired) electrons. The van der Waals surface area contributed by atoms with Gasteiger partial charge < -0.3 is 18.9 Å². The Bertz CT molecular complexity index is 1660. The summed E-state index contributed by atoms with van der Waals surface area (Å²) in [4.78, 5) is 22.1. The molecule has 8 nitrogen and oxygen atoms in total. The minimum atomic E-state index is -0.353. The molecule has 0 aliphatic carbocycles. The molecule has 4 rings (SSSR count). The van der Waals surface area contributed by atoms with E-state index in [1.54, 1.807) is 0 Å². The first-order valence-corrected chi connectivity index (χ1v) is 19.9. The summed E-state index contributed by atoms with van der Waals surface area (Å²) in [5, 5.41) is 8.81. The maximum Gasteiger partial charge on any atom is 0.330 e. The van der Waals surface area contributed by atoms with Crippen LogP contribution in [0.2, 0.25) is 0 Å². The molecule has 0 aliphatic heterocycles. The van der Waals surface area contributed by atoms with E-state index in [-0.39, 0.29) is 11.9 Å². The fourth-order valence-corrected chi connectivity index (χ4v) is 5.77. The van der Waals surface area contributed by atoms with Crippen molar-refractivity contribution in [3.05, 3.63) is 133 Å². The lowest BCUT2D eigenvalue weighted by Crippen LogP contribution is -2.01. The van der Waals surface area contributed by atoms with Crippen LogP contribution in [-0.4, -0.2) is 38.4 Å². The average Bonchev–Trinajstić information content (AvgIpc) is 3.24. The van der Waals surface area contributed by atoms with Crippen molar-refractivity contribution in [1.82, 2.24) is 0 Å². The van der Waals surface area contributed by atoms with Crippen LogP contribution in [0.3, 0.4) is 0 Å². The van der Waals surface area contributed by atoms with Crippen molar-refractivity contribution in [2.45, 2.75) is 77.0 Å². The number of hydrogen-bond donors (Lipinski definition) is 0. The van der Waals surface area contributed by atoms with Crippen LogP contribution >= 0.6 is 0 Å². The zero-order valence-corrected chi connectivity index (χ0v) is 32.6. The summed E-state index contributed by atoms with van der Waals surface area (Å²) >= 11 is 0. The SMILES string of the molecule is C=CC(=O)OCCCCCCCCOc1ccc(C=Cc2ccc(-c3ccc(N=Nc4ccc(OCCCCCCCCOC(=O)C=C)cc4)cc3)cc2)cc1. The molecular formula is C48H56N2O6. The predicted molar refractivity (Wildman–Crippen MR) is 227 cm³/mol. The highest BCUT2D eigenvalue weighted by Gasteiger charge is 2.02. The standard InChI is InChI=1S/C48H56N2O6/c1-3-47(51)55-37-15-11-7-5-9-13-35-53-45-31-21-40(22-32-45)18-17-39-19-23-41(24-20-39)42-25-27-43(28-26-42)49-50-44-29-33-46(34-30-44)54-36-14-10-6-8-12-16-38-56-48(52)4-2/h3-4,17-34H,1-2,5-16,35-38H2. The summed E-state index contributed by atoms with van der Waals surface area (Å²) in [5.74, 6) is 1.01. The topological polar surface area (TPSA) is 95.8 Å². The van der Waals surface area contributed by atoms with Crippen molar-refractivity contribution in [2.75, 3.05) is 26.4 Å². The Morgan fingerprint density at radius 2 is 0.750 bits per heavy atom. The third-order valence-electron chi connectivity index (χ3n) is 9.01. The van der Waals surface area contributed by atoms with E-state index in [9.17, 15) is 9.59 Å². The molecule has 0 unspecified atom stereocenters. The highest BCUT2D eigenvalue weighted by atomic mass is 16.5. The fraction of sp³-hybridized carbons (Fsp3) is 0.333. The molecule has 0 heterocycles. The van der Waals surface area contributed by atoms with Crippen LogP contribution in [0.25, 0.3) is 23.3 Å². The number of nitrogens with zero attached hydrogens (tertiary/aromatic N) is 2. The number of benzene rings is 4. The van der Waals surface area contributed by atoms with Gasteiger partial charge in [0.25, 0.3) is 0 Å². The second-order valence-electron chi connectivity index (χ2n) is 13.4. The summed E-state index contributed by atoms with van der Waals surface area (Å²) in [6, 6.07) is 32.5. The maximum absolute atomic E-state index is 11.0. The molecule has 56 heavy (non-hydrogen) atoms. The smallest absolute Gasteiger partial charge is 0.330 e. The summed E-state index contributed by atoms with van der Waals surface area (Å²) in [6.45, 7) is 9.12. The number of carbonyl (C=O) groups is 2. The average molecular weight is 757 g/mol. The van der Waals surface area contributed by atoms with Gasteiger partial charge in [0.05, 0.1) is 37.8 Å². The predicted octanol–water partition coefficient (Wildman–Crippen LogP) is 12.8. The number of azo groups is 1. The molecule has 0 bridgehead atoms. The third kappa shape index (κ3) is 17.6. The minimum Gasteiger partial charge on any atom is -0.494 e. The Balaban J connectivity index is 1.09. The van der Waals surface area contributed by atoms with Gasteiger partial charge in [-0.05, 0) is 96.5 Å². The lowest BCUT2D eigenvalue weighted by atomic mass is 10.0. The Kier molecular flexibility index (Phi) is 20.0. The van der Waals surface area contributed by atoms with Gasteiger partial charge in [0, 0.05) is 12.2 Å². The monoisotopic (exact) mass is 756 g/mol. The second-order valence-corrected chi connectivity index (χ2v) is 13.4. The van der Waals surface area contributed by atoms with E-state index in [1.165, 1.54) is 12.2 Å². The first-order chi connectivity index (χ1) is 27.5. The molecule has 0 aromatic heterocycles. The Labute approximate surface area is 333 Å². The molecule has 0 atom stereocenters. The van der Waals surface area contributed by atoms with Gasteiger partial charge in [-0.1, -0.05) is 125 Å². The van der Waals surface area contributed by atoms with E-state index >= 15 is 0 Å². The minimum absolute atomic E-state index is 0.348. The lowest BCUT2D eigenvalue weighted by molar-refractivity contribution is -0.138. The Morgan fingerprint density at radius 3 is 1.16 bits per heavy atom. The highest BCUT2D eigenvalue weighted by molar-refractivity contribution is 5.81. The van der Waals surface area contributed by atoms with E-state index in [2.05, 4.69) is 84.1 Å². The lowest BCUT2D eigenvalue weighted by Gasteiger charge is -2.07. The van der Waals surface area contributed by atoms with Crippen molar-refractivity contribution >= 4 is 35.5 Å². The van der Waals surface area contributed by atoms with Crippen LogP contribution in [0.4, 0.5) is 11.4 Å². The maximum atomic E-state index is 11.0. The molecule has 0 saturated carbocycles. The van der Waals surface area contributed by atoms with E-state index in [4.69, 9.17) is 18.9 Å². The summed E-state index contributed by atoms with van der Waals surface area (Å²) < 4.78 is 21.8. The number of hydrogen-bond acceptors (Lipinski definition) is 8. The molecular weight excluding hydrogens is 701 g/mol. The fourth-order valence-electron chi connectivity index (χ4n) is 5.77. The van der Waals surface area contributed by atoms with Gasteiger partial charge >= 0.3 is 11.9 Å². The molecule has 294 valence electrons. The quantitative estimate of drug-likeness (QED) is 0.0198. The number of unbranched alkanes of at least 4 members (excludes halogenated alkanes) is 10. The highest BCUT2D eigenvalue weighted by Crippen LogP contribution is 2.26. The number of rotatable bonds is 27. The molecule has 4 aromatic rings. The van der Waals surface area contributed by atoms with Crippen molar-refractivity contribution in [2.24, 2.45) is 10.2 Å². The zero-order valence-electron chi connectivity index (χ0n) is 32.6. The number of ether oxygens (including phenoxy) is 4. The molecule has 0 saturated heterocycles. The van der Waals surface area contributed by atoms with Crippen molar-refractivity contribution in [3.63, 3.8) is 0 Å². The molecule has 0 N–H and O–H groups in total. The third-order valence-corrected chi connectivity index (χ3v) is 9.01. The normalized spacial score (nSPS) is 11.1. The summed E-state index contributed by atoms with van der Waals surface area (Å²) in [6.07, 6.45) is 19.3. The number of esters is 2. The summed E-state index contributed by atoms with van der Waals surface area (Å²) in [5.41, 5.74) is 6.06. The Morgan fingerprint density at radius 1 is 0.429 bits per heavy atom. The Hall–Kier alpha value is -5.76. The van der Waals surface area contributed by atoms with Crippen LogP contribution in [0.5, 0.6) is 11.5 Å². The second kappa shape index (κ2) is 26.1. The molecule has 0 amide bonds. The van der Waals surface area contributed by atoms with Gasteiger partial charge in [-0.3, -0.25) is 0 Å². The van der Waals surface area contributed by atoms with Gasteiger partial charge in [0.15, 0.2) is 0 Å². The first-order valence-electron chi connectivity index (χ1n) is 19.9. The van der Waals surface area contributed by atoms with Crippen molar-refractivity contribution in [1.29, 1.82) is 0 Å². The van der Waals surface area contributed by atoms with Crippen LogP contribution in [0, 0.1) is 0 Å². The first kappa shape index (κ1) is 43.0.